The third-order valence-electron chi connectivity index (χ3n) is 4.90. The molecule has 2 aromatic rings. The number of hydrogen-bond acceptors (Lipinski definition) is 3. The third kappa shape index (κ3) is 3.76. The Kier molecular flexibility index (Phi) is 5.22. The second kappa shape index (κ2) is 7.55. The molecule has 0 unspecified atom stereocenters. The third-order valence-corrected chi connectivity index (χ3v) is 4.90. The average molecular weight is 340 g/mol. The topological polar surface area (TPSA) is 60.3 Å². The molecule has 1 aliphatic rings. The molecule has 1 N–H and O–H groups in total. The molecule has 0 atom stereocenters. The Hall–Kier alpha value is -2.56. The molecule has 1 aromatic carbocycles. The van der Waals surface area contributed by atoms with Crippen LogP contribution in [0, 0.1) is 0 Å². The second-order valence-corrected chi connectivity index (χ2v) is 6.58. The Morgan fingerprint density at radius 3 is 2.36 bits per heavy atom. The van der Waals surface area contributed by atoms with Gasteiger partial charge in [-0.25, -0.2) is 4.79 Å². The number of carbonyl (C=O) groups is 2. The monoisotopic (exact) mass is 340 g/mol. The summed E-state index contributed by atoms with van der Waals surface area (Å²) < 4.78 is 6.95. The highest BCUT2D eigenvalue weighted by Crippen LogP contribution is 2.29. The van der Waals surface area contributed by atoms with Crippen molar-refractivity contribution in [2.45, 2.75) is 44.1 Å². The fraction of sp³-hybridized carbons (Fsp3) is 0.400. The van der Waals surface area contributed by atoms with Gasteiger partial charge in [-0.05, 0) is 43.2 Å². The quantitative estimate of drug-likeness (QED) is 0.685. The highest BCUT2D eigenvalue weighted by molar-refractivity contribution is 5.98. The molecule has 1 aromatic heterocycles. The van der Waals surface area contributed by atoms with Gasteiger partial charge in [-0.1, -0.05) is 31.7 Å². The van der Waals surface area contributed by atoms with Crippen LogP contribution in [0.3, 0.4) is 0 Å². The van der Waals surface area contributed by atoms with Crippen molar-refractivity contribution in [1.82, 2.24) is 9.88 Å². The normalized spacial score (nSPS) is 16.7. The minimum Gasteiger partial charge on any atom is -0.467 e. The van der Waals surface area contributed by atoms with Gasteiger partial charge in [0.25, 0.3) is 5.91 Å². The largest absolute Gasteiger partial charge is 0.467 e. The van der Waals surface area contributed by atoms with Crippen molar-refractivity contribution < 1.29 is 14.3 Å². The first-order valence-corrected chi connectivity index (χ1v) is 8.79. The van der Waals surface area contributed by atoms with Crippen LogP contribution in [0.2, 0.25) is 0 Å². The van der Waals surface area contributed by atoms with Gasteiger partial charge in [0.05, 0.1) is 7.11 Å². The smallest absolute Gasteiger partial charge is 0.331 e. The predicted octanol–water partition coefficient (Wildman–Crippen LogP) is 3.47. The summed E-state index contributed by atoms with van der Waals surface area (Å²) in [4.78, 5) is 25.3. The zero-order valence-corrected chi connectivity index (χ0v) is 14.5. The summed E-state index contributed by atoms with van der Waals surface area (Å²) in [5.74, 6) is -0.578. The lowest BCUT2D eigenvalue weighted by atomic mass is 9.89. The van der Waals surface area contributed by atoms with E-state index in [0.717, 1.165) is 31.4 Å². The summed E-state index contributed by atoms with van der Waals surface area (Å²) in [5.41, 5.74) is 0.538. The molecule has 1 aliphatic carbocycles. The summed E-state index contributed by atoms with van der Waals surface area (Å²) in [7, 11) is 1.38. The number of benzene rings is 1. The second-order valence-electron chi connectivity index (χ2n) is 6.58. The number of carbonyl (C=O) groups excluding carboxylic acids is 2. The van der Waals surface area contributed by atoms with Crippen molar-refractivity contribution in [3.8, 4) is 5.69 Å². The lowest BCUT2D eigenvalue weighted by Crippen LogP contribution is -2.54. The van der Waals surface area contributed by atoms with Crippen LogP contribution in [0.25, 0.3) is 5.69 Å². The van der Waals surface area contributed by atoms with Crippen molar-refractivity contribution in [2.75, 3.05) is 7.11 Å². The van der Waals surface area contributed by atoms with E-state index in [1.54, 1.807) is 6.07 Å². The maximum Gasteiger partial charge on any atom is 0.331 e. The van der Waals surface area contributed by atoms with Crippen LogP contribution in [0.4, 0.5) is 0 Å². The van der Waals surface area contributed by atoms with Crippen LogP contribution in [-0.2, 0) is 9.53 Å². The van der Waals surface area contributed by atoms with Gasteiger partial charge in [0.15, 0.2) is 0 Å². The van der Waals surface area contributed by atoms with Crippen molar-refractivity contribution in [2.24, 2.45) is 0 Å². The number of hydrogen-bond donors (Lipinski definition) is 1. The molecule has 1 heterocycles. The minimum atomic E-state index is -0.911. The van der Waals surface area contributed by atoms with Crippen molar-refractivity contribution in [3.05, 3.63) is 54.4 Å². The molecule has 1 saturated carbocycles. The standard InChI is InChI=1S/C20H24N2O3/c1-25-19(24)20(11-4-2-3-5-12-20)21-18(23)16-9-8-10-17(15-16)22-13-6-7-14-22/h6-10,13-15H,2-5,11-12H2,1H3,(H,21,23). The molecule has 0 spiro atoms. The average Bonchev–Trinajstić information content (AvgIpc) is 3.08. The molecular weight excluding hydrogens is 316 g/mol. The van der Waals surface area contributed by atoms with Crippen LogP contribution in [-0.4, -0.2) is 29.1 Å². The zero-order valence-electron chi connectivity index (χ0n) is 14.5. The van der Waals surface area contributed by atoms with Crippen LogP contribution < -0.4 is 5.32 Å². The van der Waals surface area contributed by atoms with Gasteiger partial charge in [-0.2, -0.15) is 0 Å². The van der Waals surface area contributed by atoms with Crippen LogP contribution >= 0.6 is 0 Å². The molecule has 0 saturated heterocycles. The van der Waals surface area contributed by atoms with E-state index in [1.807, 2.05) is 47.3 Å². The van der Waals surface area contributed by atoms with Crippen molar-refractivity contribution in [3.63, 3.8) is 0 Å². The minimum absolute atomic E-state index is 0.235. The number of aromatic nitrogens is 1. The number of nitrogens with zero attached hydrogens (tertiary/aromatic N) is 1. The lowest BCUT2D eigenvalue weighted by Gasteiger charge is -2.31. The first-order chi connectivity index (χ1) is 12.1. The molecule has 1 fully saturated rings. The molecule has 0 aliphatic heterocycles. The van der Waals surface area contributed by atoms with Gasteiger partial charge in [-0.3, -0.25) is 4.79 Å². The Balaban J connectivity index is 1.84. The van der Waals surface area contributed by atoms with Crippen LogP contribution in [0.1, 0.15) is 48.9 Å². The number of ether oxygens (including phenoxy) is 1. The van der Waals surface area contributed by atoms with E-state index >= 15 is 0 Å². The van der Waals surface area contributed by atoms with Crippen LogP contribution in [0.15, 0.2) is 48.8 Å². The first kappa shape index (κ1) is 17.3. The summed E-state index contributed by atoms with van der Waals surface area (Å²) in [6.07, 6.45) is 9.11. The molecule has 3 rings (SSSR count). The number of nitrogens with one attached hydrogen (secondary N) is 1. The van der Waals surface area contributed by atoms with E-state index in [4.69, 9.17) is 4.74 Å². The van der Waals surface area contributed by atoms with Gasteiger partial charge in [0.1, 0.15) is 5.54 Å². The fourth-order valence-corrected chi connectivity index (χ4v) is 3.51. The maximum absolute atomic E-state index is 12.8. The number of esters is 1. The van der Waals surface area contributed by atoms with E-state index in [9.17, 15) is 9.59 Å². The summed E-state index contributed by atoms with van der Waals surface area (Å²) >= 11 is 0. The number of methoxy groups -OCH3 is 1. The molecule has 5 nitrogen and oxygen atoms in total. The number of rotatable bonds is 4. The summed E-state index contributed by atoms with van der Waals surface area (Å²) in [5, 5.41) is 2.99. The lowest BCUT2D eigenvalue weighted by molar-refractivity contribution is -0.148. The molecule has 25 heavy (non-hydrogen) atoms. The Bertz CT molecular complexity index is 729. The predicted molar refractivity (Wildman–Crippen MR) is 95.7 cm³/mol. The van der Waals surface area contributed by atoms with Crippen molar-refractivity contribution in [1.29, 1.82) is 0 Å². The molecule has 0 bridgehead atoms. The van der Waals surface area contributed by atoms with Crippen molar-refractivity contribution >= 4 is 11.9 Å². The molecule has 132 valence electrons. The van der Waals surface area contributed by atoms with Gasteiger partial charge in [0.2, 0.25) is 0 Å². The SMILES string of the molecule is COC(=O)C1(NC(=O)c2cccc(-n3cccc3)c2)CCCCCC1. The fourth-order valence-electron chi connectivity index (χ4n) is 3.51. The van der Waals surface area contributed by atoms with Crippen LogP contribution in [0.5, 0.6) is 0 Å². The van der Waals surface area contributed by atoms with Gasteiger partial charge in [0, 0.05) is 23.6 Å². The Morgan fingerprint density at radius 2 is 1.72 bits per heavy atom. The zero-order chi connectivity index (χ0) is 17.7. The van der Waals surface area contributed by atoms with E-state index in [0.29, 0.717) is 18.4 Å². The molecular formula is C20H24N2O3. The highest BCUT2D eigenvalue weighted by Gasteiger charge is 2.41. The number of amides is 1. The van der Waals surface area contributed by atoms with E-state index in [2.05, 4.69) is 5.32 Å². The Labute approximate surface area is 148 Å². The van der Waals surface area contributed by atoms with Gasteiger partial charge >= 0.3 is 5.97 Å². The first-order valence-electron chi connectivity index (χ1n) is 8.79. The molecule has 0 radical (unpaired) electrons. The van der Waals surface area contributed by atoms with E-state index < -0.39 is 5.54 Å². The maximum atomic E-state index is 12.8. The van der Waals surface area contributed by atoms with Gasteiger partial charge < -0.3 is 14.6 Å². The van der Waals surface area contributed by atoms with E-state index in [1.165, 1.54) is 7.11 Å². The van der Waals surface area contributed by atoms with Gasteiger partial charge in [-0.15, -0.1) is 0 Å². The van der Waals surface area contributed by atoms with E-state index in [-0.39, 0.29) is 11.9 Å². The molecule has 5 heteroatoms. The molecule has 1 amide bonds. The Morgan fingerprint density at radius 1 is 1.04 bits per heavy atom. The summed E-state index contributed by atoms with van der Waals surface area (Å²) in [6, 6.07) is 11.3. The summed E-state index contributed by atoms with van der Waals surface area (Å²) in [6.45, 7) is 0. The highest BCUT2D eigenvalue weighted by atomic mass is 16.5.